The van der Waals surface area contributed by atoms with Crippen LogP contribution in [-0.2, 0) is 30.4 Å². The number of carbonyl (C=O) groups excluding carboxylic acids is 5. The van der Waals surface area contributed by atoms with Crippen molar-refractivity contribution in [1.82, 2.24) is 26.6 Å². The molecule has 5 amide bonds. The van der Waals surface area contributed by atoms with Gasteiger partial charge in [-0.05, 0) is 63.3 Å². The smallest absolute Gasteiger partial charge is 0.243 e. The van der Waals surface area contributed by atoms with Crippen LogP contribution in [0.3, 0.4) is 0 Å². The molecule has 2 rings (SSSR count). The van der Waals surface area contributed by atoms with Crippen LogP contribution < -0.4 is 43.8 Å². The number of nitrogens with two attached hydrogens (primary N) is 3. The Hall–Kier alpha value is -4.40. The lowest BCUT2D eigenvalue weighted by atomic mass is 10.0. The highest BCUT2D eigenvalue weighted by molar-refractivity contribution is 5.97. The lowest BCUT2D eigenvalue weighted by molar-refractivity contribution is -0.134. The molecule has 15 nitrogen and oxygen atoms in total. The summed E-state index contributed by atoms with van der Waals surface area (Å²) in [7, 11) is 0. The van der Waals surface area contributed by atoms with Gasteiger partial charge in [-0.25, -0.2) is 0 Å². The molecule has 1 aromatic carbocycles. The summed E-state index contributed by atoms with van der Waals surface area (Å²) in [5, 5.41) is 22.6. The summed E-state index contributed by atoms with van der Waals surface area (Å²) in [6.07, 6.45) is 1.88. The van der Waals surface area contributed by atoms with Crippen LogP contribution in [0.2, 0.25) is 0 Å². The fourth-order valence-electron chi connectivity index (χ4n) is 4.10. The summed E-state index contributed by atoms with van der Waals surface area (Å²) in [4.78, 5) is 69.0. The van der Waals surface area contributed by atoms with E-state index in [1.165, 1.54) is 19.1 Å². The number of nitrogens with one attached hydrogen (secondary N) is 5. The summed E-state index contributed by atoms with van der Waals surface area (Å²) >= 11 is 0. The maximum absolute atomic E-state index is 13.5. The van der Waals surface area contributed by atoms with Crippen LogP contribution in [0, 0.1) is 0 Å². The van der Waals surface area contributed by atoms with E-state index in [1.54, 1.807) is 12.1 Å². The van der Waals surface area contributed by atoms with Crippen LogP contribution in [0.25, 0.3) is 0 Å². The molecule has 1 aromatic rings. The Balaban J connectivity index is 2.36. The van der Waals surface area contributed by atoms with E-state index in [1.807, 2.05) is 0 Å². The monoisotopic (exact) mass is 575 g/mol. The van der Waals surface area contributed by atoms with Gasteiger partial charge in [0.1, 0.15) is 29.9 Å². The van der Waals surface area contributed by atoms with Crippen LogP contribution in [-0.4, -0.2) is 84.4 Å². The highest BCUT2D eigenvalue weighted by Gasteiger charge is 2.31. The van der Waals surface area contributed by atoms with E-state index in [9.17, 15) is 29.1 Å². The minimum atomic E-state index is -1.11. The minimum Gasteiger partial charge on any atom is -0.508 e. The molecule has 0 saturated carbocycles. The maximum atomic E-state index is 13.5. The van der Waals surface area contributed by atoms with Gasteiger partial charge < -0.3 is 48.9 Å². The molecule has 12 N–H and O–H groups in total. The second-order valence-electron chi connectivity index (χ2n) is 9.79. The fourth-order valence-corrected chi connectivity index (χ4v) is 4.10. The van der Waals surface area contributed by atoms with Gasteiger partial charge in [0, 0.05) is 13.0 Å². The van der Waals surface area contributed by atoms with Gasteiger partial charge in [0.2, 0.25) is 29.5 Å². The third-order valence-corrected chi connectivity index (χ3v) is 6.36. The second-order valence-corrected chi connectivity index (χ2v) is 9.79. The van der Waals surface area contributed by atoms with Crippen molar-refractivity contribution >= 4 is 35.5 Å². The lowest BCUT2D eigenvalue weighted by Gasteiger charge is -2.25. The van der Waals surface area contributed by atoms with Crippen LogP contribution in [0.1, 0.15) is 44.6 Å². The number of nitrogens with zero attached hydrogens (tertiary/aromatic N) is 1. The number of rotatable bonds is 10. The molecule has 41 heavy (non-hydrogen) atoms. The van der Waals surface area contributed by atoms with E-state index in [2.05, 4.69) is 31.6 Å². The highest BCUT2D eigenvalue weighted by atomic mass is 16.3. The number of unbranched alkanes of at least 4 members (excludes halogenated alkanes) is 1. The van der Waals surface area contributed by atoms with E-state index in [0.29, 0.717) is 31.4 Å². The van der Waals surface area contributed by atoms with E-state index in [-0.39, 0.29) is 37.5 Å². The van der Waals surface area contributed by atoms with Gasteiger partial charge in [-0.3, -0.25) is 29.0 Å². The van der Waals surface area contributed by atoms with Gasteiger partial charge in [0.15, 0.2) is 5.96 Å². The zero-order chi connectivity index (χ0) is 30.4. The first kappa shape index (κ1) is 32.8. The molecule has 0 unspecified atom stereocenters. The van der Waals surface area contributed by atoms with Gasteiger partial charge in [0.05, 0.1) is 6.54 Å². The molecular formula is C26H41N9O6. The Morgan fingerprint density at radius 3 is 2.05 bits per heavy atom. The van der Waals surface area contributed by atoms with Gasteiger partial charge in [-0.15, -0.1) is 0 Å². The Morgan fingerprint density at radius 1 is 0.829 bits per heavy atom. The SMILES string of the molecule is C[C@@H]1NC(=O)CNC(=O)[C@H](CCCN=C(N)N)NC(=O)[C@H](CCCCN)NC(=O)[C@@H](Cc2ccc(O)cc2)NC1=O. The average Bonchev–Trinajstić information content (AvgIpc) is 2.92. The van der Waals surface area contributed by atoms with E-state index < -0.39 is 60.2 Å². The molecule has 0 bridgehead atoms. The zero-order valence-corrected chi connectivity index (χ0v) is 23.2. The fraction of sp³-hybridized carbons (Fsp3) is 0.538. The average molecular weight is 576 g/mol. The maximum Gasteiger partial charge on any atom is 0.243 e. The van der Waals surface area contributed by atoms with Crippen molar-refractivity contribution in [3.63, 3.8) is 0 Å². The summed E-state index contributed by atoms with van der Waals surface area (Å²) in [6, 6.07) is 1.87. The molecule has 226 valence electrons. The number of hydrogen-bond donors (Lipinski definition) is 9. The van der Waals surface area contributed by atoms with Crippen molar-refractivity contribution in [3.05, 3.63) is 29.8 Å². The van der Waals surface area contributed by atoms with Gasteiger partial charge in [0.25, 0.3) is 0 Å². The molecule has 0 aliphatic carbocycles. The highest BCUT2D eigenvalue weighted by Crippen LogP contribution is 2.12. The molecule has 1 aliphatic rings. The summed E-state index contributed by atoms with van der Waals surface area (Å²) in [6.45, 7) is 1.60. The predicted molar refractivity (Wildman–Crippen MR) is 151 cm³/mol. The molecular weight excluding hydrogens is 534 g/mol. The number of phenols is 1. The second kappa shape index (κ2) is 16.6. The number of phenolic OH excluding ortho intramolecular Hbond substituents is 1. The molecule has 0 spiro atoms. The molecule has 4 atom stereocenters. The Bertz CT molecular complexity index is 1090. The Labute approximate surface area is 238 Å². The third kappa shape index (κ3) is 11.7. The number of carbonyl (C=O) groups is 5. The largest absolute Gasteiger partial charge is 0.508 e. The first-order valence-corrected chi connectivity index (χ1v) is 13.5. The summed E-state index contributed by atoms with van der Waals surface area (Å²) < 4.78 is 0. The quantitative estimate of drug-likeness (QED) is 0.0792. The van der Waals surface area contributed by atoms with Crippen LogP contribution in [0.5, 0.6) is 5.75 Å². The molecule has 0 radical (unpaired) electrons. The van der Waals surface area contributed by atoms with Gasteiger partial charge in [-0.2, -0.15) is 0 Å². The minimum absolute atomic E-state index is 0.0355. The third-order valence-electron chi connectivity index (χ3n) is 6.36. The molecule has 1 fully saturated rings. The molecule has 1 aliphatic heterocycles. The van der Waals surface area contributed by atoms with Crippen molar-refractivity contribution in [2.45, 2.75) is 69.6 Å². The number of amides is 5. The van der Waals surface area contributed by atoms with Crippen LogP contribution in [0.15, 0.2) is 29.3 Å². The zero-order valence-electron chi connectivity index (χ0n) is 23.2. The molecule has 15 heteroatoms. The summed E-state index contributed by atoms with van der Waals surface area (Å²) in [5.41, 5.74) is 17.0. The normalized spacial score (nSPS) is 22.6. The van der Waals surface area contributed by atoms with Crippen molar-refractivity contribution < 1.29 is 29.1 Å². The van der Waals surface area contributed by atoms with E-state index in [4.69, 9.17) is 17.2 Å². The molecule has 1 saturated heterocycles. The van der Waals surface area contributed by atoms with Gasteiger partial charge >= 0.3 is 0 Å². The lowest BCUT2D eigenvalue weighted by Crippen LogP contribution is -2.57. The Kier molecular flexibility index (Phi) is 13.3. The van der Waals surface area contributed by atoms with E-state index in [0.717, 1.165) is 0 Å². The number of aliphatic imine (C=N–C) groups is 1. The molecule has 0 aromatic heterocycles. The van der Waals surface area contributed by atoms with Crippen molar-refractivity contribution in [2.24, 2.45) is 22.2 Å². The predicted octanol–water partition coefficient (Wildman–Crippen LogP) is -2.79. The van der Waals surface area contributed by atoms with Crippen molar-refractivity contribution in [1.29, 1.82) is 0 Å². The molecule has 1 heterocycles. The number of hydrogen-bond acceptors (Lipinski definition) is 8. The van der Waals surface area contributed by atoms with Crippen LogP contribution >= 0.6 is 0 Å². The summed E-state index contributed by atoms with van der Waals surface area (Å²) in [5.74, 6) is -3.23. The van der Waals surface area contributed by atoms with Crippen LogP contribution in [0.4, 0.5) is 0 Å². The number of benzene rings is 1. The topological polar surface area (TPSA) is 256 Å². The van der Waals surface area contributed by atoms with E-state index >= 15 is 0 Å². The first-order chi connectivity index (χ1) is 19.5. The first-order valence-electron chi connectivity index (χ1n) is 13.5. The van der Waals surface area contributed by atoms with Crippen molar-refractivity contribution in [3.8, 4) is 5.75 Å². The van der Waals surface area contributed by atoms with Gasteiger partial charge in [-0.1, -0.05) is 12.1 Å². The Morgan fingerprint density at radius 2 is 1.41 bits per heavy atom. The standard InChI is InChI=1S/C26H41N9O6/c1-15-22(38)35-20(13-16-7-9-17(36)10-8-16)25(41)34-19(5-2-3-11-27)24(40)33-18(6-4-12-30-26(28)29)23(39)31-14-21(37)32-15/h7-10,15,18-20,36H,2-6,11-14,27H2,1H3,(H,31,39)(H,32,37)(H,33,40)(H,34,41)(H,35,38)(H4,28,29,30)/t15-,18-,19-,20+/m0/s1. The van der Waals surface area contributed by atoms with Crippen molar-refractivity contribution in [2.75, 3.05) is 19.6 Å². The number of guanidine groups is 1. The number of aromatic hydroxyl groups is 1.